The van der Waals surface area contributed by atoms with Crippen molar-refractivity contribution in [1.82, 2.24) is 9.47 Å². The Hall–Kier alpha value is -1.59. The largest absolute Gasteiger partial charge is 0.377 e. The van der Waals surface area contributed by atoms with Crippen molar-refractivity contribution in [2.45, 2.75) is 18.9 Å². The van der Waals surface area contributed by atoms with Crippen LogP contribution in [-0.2, 0) is 23.0 Å². The first-order valence-corrected chi connectivity index (χ1v) is 8.19. The summed E-state index contributed by atoms with van der Waals surface area (Å²) in [4.78, 5) is 14.6. The number of ether oxygens (including phenoxy) is 1. The summed E-state index contributed by atoms with van der Waals surface area (Å²) in [5, 5.41) is 4.17. The summed E-state index contributed by atoms with van der Waals surface area (Å²) in [5.41, 5.74) is 2.38. The molecular formula is C16H20N2O2S. The predicted molar refractivity (Wildman–Crippen MR) is 83.3 cm³/mol. The van der Waals surface area contributed by atoms with E-state index in [4.69, 9.17) is 4.74 Å². The molecule has 0 unspecified atom stereocenters. The number of carbonyl (C=O) groups is 1. The second-order valence-electron chi connectivity index (χ2n) is 5.35. The number of hydrogen-bond donors (Lipinski definition) is 0. The van der Waals surface area contributed by atoms with Gasteiger partial charge in [-0.15, -0.1) is 0 Å². The lowest BCUT2D eigenvalue weighted by Crippen LogP contribution is -2.44. The molecule has 0 N–H and O–H groups in total. The molecule has 0 saturated carbocycles. The number of amides is 1. The van der Waals surface area contributed by atoms with Crippen molar-refractivity contribution in [1.29, 1.82) is 0 Å². The Kier molecular flexibility index (Phi) is 4.41. The standard InChI is InChI=1S/C16H20N2O2S/c1-17-7-2-3-14(17)15-11-20-9-8-18(15)16(19)5-4-13-6-10-21-12-13/h2-3,6-7,10,12,15H,4-5,8-9,11H2,1H3/t15-/m0/s1. The highest BCUT2D eigenvalue weighted by Gasteiger charge is 2.29. The Bertz CT molecular complexity index is 591. The lowest BCUT2D eigenvalue weighted by molar-refractivity contribution is -0.140. The molecule has 1 aliphatic heterocycles. The molecule has 5 heteroatoms. The van der Waals surface area contributed by atoms with Gasteiger partial charge in [-0.1, -0.05) is 0 Å². The van der Waals surface area contributed by atoms with Crippen LogP contribution in [0.25, 0.3) is 0 Å². The third-order valence-electron chi connectivity index (χ3n) is 3.98. The van der Waals surface area contributed by atoms with Crippen LogP contribution in [0.15, 0.2) is 35.2 Å². The molecular weight excluding hydrogens is 284 g/mol. The Balaban J connectivity index is 1.69. The van der Waals surface area contributed by atoms with E-state index in [1.54, 1.807) is 11.3 Å². The number of aromatic nitrogens is 1. The van der Waals surface area contributed by atoms with Gasteiger partial charge in [0.1, 0.15) is 0 Å². The van der Waals surface area contributed by atoms with Crippen LogP contribution < -0.4 is 0 Å². The zero-order valence-corrected chi connectivity index (χ0v) is 13.0. The summed E-state index contributed by atoms with van der Waals surface area (Å²) in [6.07, 6.45) is 3.40. The van der Waals surface area contributed by atoms with Crippen LogP contribution in [0, 0.1) is 0 Å². The third kappa shape index (κ3) is 3.19. The average molecular weight is 304 g/mol. The maximum absolute atomic E-state index is 12.6. The van der Waals surface area contributed by atoms with Crippen LogP contribution >= 0.6 is 11.3 Å². The molecule has 4 nitrogen and oxygen atoms in total. The molecule has 0 aliphatic carbocycles. The Morgan fingerprint density at radius 2 is 2.38 bits per heavy atom. The summed E-state index contributed by atoms with van der Waals surface area (Å²) in [6, 6.07) is 6.20. The Morgan fingerprint density at radius 3 is 3.10 bits per heavy atom. The zero-order chi connectivity index (χ0) is 14.7. The van der Waals surface area contributed by atoms with Crippen molar-refractivity contribution in [3.8, 4) is 0 Å². The van der Waals surface area contributed by atoms with E-state index in [2.05, 4.69) is 27.5 Å². The van der Waals surface area contributed by atoms with Crippen LogP contribution in [0.1, 0.15) is 23.7 Å². The molecule has 3 rings (SSSR count). The first-order valence-electron chi connectivity index (χ1n) is 7.25. The number of rotatable bonds is 4. The highest BCUT2D eigenvalue weighted by Crippen LogP contribution is 2.25. The van der Waals surface area contributed by atoms with Crippen molar-refractivity contribution in [3.63, 3.8) is 0 Å². The van der Waals surface area contributed by atoms with Gasteiger partial charge in [-0.25, -0.2) is 0 Å². The Morgan fingerprint density at radius 1 is 1.48 bits per heavy atom. The van der Waals surface area contributed by atoms with E-state index in [0.29, 0.717) is 26.2 Å². The predicted octanol–water partition coefficient (Wildman–Crippen LogP) is 2.62. The fraction of sp³-hybridized carbons (Fsp3) is 0.438. The van der Waals surface area contributed by atoms with Crippen LogP contribution in [0.3, 0.4) is 0 Å². The van der Waals surface area contributed by atoms with Crippen molar-refractivity contribution in [3.05, 3.63) is 46.4 Å². The topological polar surface area (TPSA) is 34.5 Å². The van der Waals surface area contributed by atoms with E-state index in [-0.39, 0.29) is 11.9 Å². The van der Waals surface area contributed by atoms with E-state index in [9.17, 15) is 4.79 Å². The minimum absolute atomic E-state index is 0.0359. The van der Waals surface area contributed by atoms with E-state index in [1.165, 1.54) is 5.56 Å². The van der Waals surface area contributed by atoms with Crippen LogP contribution in [-0.4, -0.2) is 35.1 Å². The first-order chi connectivity index (χ1) is 10.3. The van der Waals surface area contributed by atoms with Gasteiger partial charge >= 0.3 is 0 Å². The van der Waals surface area contributed by atoms with Gasteiger partial charge < -0.3 is 14.2 Å². The molecule has 2 aromatic rings. The molecule has 1 fully saturated rings. The quantitative estimate of drug-likeness (QED) is 0.870. The van der Waals surface area contributed by atoms with Gasteiger partial charge in [-0.2, -0.15) is 11.3 Å². The van der Waals surface area contributed by atoms with Crippen molar-refractivity contribution < 1.29 is 9.53 Å². The first kappa shape index (κ1) is 14.4. The van der Waals surface area contributed by atoms with Crippen molar-refractivity contribution in [2.24, 2.45) is 7.05 Å². The smallest absolute Gasteiger partial charge is 0.223 e. The number of nitrogens with zero attached hydrogens (tertiary/aromatic N) is 2. The molecule has 0 spiro atoms. The molecule has 1 atom stereocenters. The molecule has 1 aliphatic rings. The monoisotopic (exact) mass is 304 g/mol. The van der Waals surface area contributed by atoms with Crippen LogP contribution in [0.5, 0.6) is 0 Å². The normalized spacial score (nSPS) is 18.9. The second-order valence-corrected chi connectivity index (χ2v) is 6.13. The molecule has 21 heavy (non-hydrogen) atoms. The average Bonchev–Trinajstić information content (AvgIpc) is 3.16. The number of thiophene rings is 1. The molecule has 1 saturated heterocycles. The van der Waals surface area contributed by atoms with Gasteiger partial charge in [0.15, 0.2) is 0 Å². The van der Waals surface area contributed by atoms with Gasteiger partial charge in [-0.3, -0.25) is 4.79 Å². The molecule has 2 aromatic heterocycles. The van der Waals surface area contributed by atoms with E-state index >= 15 is 0 Å². The Labute approximate surface area is 128 Å². The lowest BCUT2D eigenvalue weighted by Gasteiger charge is -2.36. The van der Waals surface area contributed by atoms with E-state index in [0.717, 1.165) is 12.1 Å². The number of aryl methyl sites for hydroxylation is 2. The molecule has 0 radical (unpaired) electrons. The van der Waals surface area contributed by atoms with Crippen LogP contribution in [0.4, 0.5) is 0 Å². The summed E-state index contributed by atoms with van der Waals surface area (Å²) in [6.45, 7) is 1.89. The van der Waals surface area contributed by atoms with Gasteiger partial charge in [0.25, 0.3) is 0 Å². The summed E-state index contributed by atoms with van der Waals surface area (Å²) >= 11 is 1.68. The van der Waals surface area contributed by atoms with Crippen molar-refractivity contribution in [2.75, 3.05) is 19.8 Å². The van der Waals surface area contributed by atoms with Gasteiger partial charge in [-0.05, 0) is 40.9 Å². The van der Waals surface area contributed by atoms with Gasteiger partial charge in [0.2, 0.25) is 5.91 Å². The maximum atomic E-state index is 12.6. The molecule has 3 heterocycles. The molecule has 1 amide bonds. The molecule has 0 aromatic carbocycles. The number of hydrogen-bond acceptors (Lipinski definition) is 3. The number of morpholine rings is 1. The minimum atomic E-state index is 0.0359. The lowest BCUT2D eigenvalue weighted by atomic mass is 10.1. The van der Waals surface area contributed by atoms with Crippen LogP contribution in [0.2, 0.25) is 0 Å². The highest BCUT2D eigenvalue weighted by atomic mass is 32.1. The maximum Gasteiger partial charge on any atom is 0.223 e. The summed E-state index contributed by atoms with van der Waals surface area (Å²) in [7, 11) is 2.01. The van der Waals surface area contributed by atoms with E-state index < -0.39 is 0 Å². The van der Waals surface area contributed by atoms with Gasteiger partial charge in [0.05, 0.1) is 19.3 Å². The zero-order valence-electron chi connectivity index (χ0n) is 12.2. The van der Waals surface area contributed by atoms with Crippen molar-refractivity contribution >= 4 is 17.2 Å². The summed E-state index contributed by atoms with van der Waals surface area (Å²) in [5.74, 6) is 0.218. The highest BCUT2D eigenvalue weighted by molar-refractivity contribution is 7.07. The van der Waals surface area contributed by atoms with Gasteiger partial charge in [0, 0.05) is 31.9 Å². The minimum Gasteiger partial charge on any atom is -0.377 e. The SMILES string of the molecule is Cn1cccc1[C@@H]1COCCN1C(=O)CCc1ccsc1. The number of carbonyl (C=O) groups excluding carboxylic acids is 1. The molecule has 112 valence electrons. The fourth-order valence-electron chi connectivity index (χ4n) is 2.80. The summed E-state index contributed by atoms with van der Waals surface area (Å²) < 4.78 is 7.65. The molecule has 0 bridgehead atoms. The third-order valence-corrected chi connectivity index (χ3v) is 4.71. The fourth-order valence-corrected chi connectivity index (χ4v) is 3.50. The van der Waals surface area contributed by atoms with E-state index in [1.807, 2.05) is 24.2 Å². The second kappa shape index (κ2) is 6.45.